The summed E-state index contributed by atoms with van der Waals surface area (Å²) in [6.45, 7) is 2.90. The van der Waals surface area contributed by atoms with Gasteiger partial charge in [0.2, 0.25) is 10.0 Å². The molecule has 4 atom stereocenters. The lowest BCUT2D eigenvalue weighted by atomic mass is 9.87. The Morgan fingerprint density at radius 2 is 2.14 bits per heavy atom. The number of aromatic nitrogens is 4. The number of pyridine rings is 1. The van der Waals surface area contributed by atoms with Crippen molar-refractivity contribution in [3.05, 3.63) is 29.0 Å². The van der Waals surface area contributed by atoms with Gasteiger partial charge < -0.3 is 5.32 Å². The van der Waals surface area contributed by atoms with E-state index >= 15 is 0 Å². The molecule has 12 heteroatoms. The molecular weight excluding hydrogens is 501 g/mol. The Morgan fingerprint density at radius 3 is 2.81 bits per heavy atom. The fourth-order valence-corrected chi connectivity index (χ4v) is 8.50. The number of sulfonamides is 1. The maximum absolute atomic E-state index is 13.8. The molecule has 0 bridgehead atoms. The van der Waals surface area contributed by atoms with Gasteiger partial charge in [-0.3, -0.25) is 4.40 Å². The zero-order valence-corrected chi connectivity index (χ0v) is 21.4. The van der Waals surface area contributed by atoms with E-state index in [2.05, 4.69) is 31.3 Å². The number of halogens is 1. The molecule has 1 aliphatic heterocycles. The minimum atomic E-state index is -3.98. The van der Waals surface area contributed by atoms with Crippen LogP contribution in [-0.4, -0.2) is 53.3 Å². The molecule has 3 aromatic heterocycles. The molecule has 4 aliphatic rings. The third-order valence-corrected chi connectivity index (χ3v) is 11.5. The number of fused-ring (bicyclic) bond motifs is 2. The first-order valence-electron chi connectivity index (χ1n) is 12.3. The van der Waals surface area contributed by atoms with Crippen LogP contribution >= 0.6 is 11.3 Å². The number of hydrogen-bond donors (Lipinski definition) is 2. The van der Waals surface area contributed by atoms with Crippen LogP contribution in [0.25, 0.3) is 16.3 Å². The Kier molecular flexibility index (Phi) is 4.61. The number of piperidine rings is 1. The number of rotatable bonds is 7. The monoisotopic (exact) mass is 527 g/mol. The van der Waals surface area contributed by atoms with Gasteiger partial charge in [0.15, 0.2) is 10.8 Å². The number of nitriles is 1. The quantitative estimate of drug-likeness (QED) is 0.484. The number of imidazole rings is 1. The Bertz CT molecular complexity index is 1550. The van der Waals surface area contributed by atoms with E-state index in [1.165, 1.54) is 11.3 Å². The predicted molar refractivity (Wildman–Crippen MR) is 131 cm³/mol. The van der Waals surface area contributed by atoms with E-state index in [4.69, 9.17) is 0 Å². The zero-order valence-electron chi connectivity index (χ0n) is 19.8. The maximum atomic E-state index is 13.8. The van der Waals surface area contributed by atoms with Crippen LogP contribution in [0.5, 0.6) is 0 Å². The maximum Gasteiger partial charge on any atom is 0.242 e. The Balaban J connectivity index is 1.38. The number of nitrogens with zero attached hydrogens (tertiary/aromatic N) is 5. The van der Waals surface area contributed by atoms with E-state index < -0.39 is 27.7 Å². The van der Waals surface area contributed by atoms with Crippen LogP contribution in [-0.2, 0) is 20.9 Å². The smallest absolute Gasteiger partial charge is 0.242 e. The van der Waals surface area contributed by atoms with Gasteiger partial charge in [-0.1, -0.05) is 18.3 Å². The standard InChI is InChI=1S/C24H26FN7O2S2/c1-14-7-24(14,12-25)31-36(33,34)16-6-17(23-4-5-27-9-15(23)8-23)18-10-28-19(32(18)11-16)20-29-30-21(35-20)22(13-26)2-3-22/h6,10-11,14-15,27,31H,2-5,7-9,12H2,1H3/t14-,15?,23?,24?/m1/s1. The molecule has 1 saturated heterocycles. The van der Waals surface area contributed by atoms with Gasteiger partial charge in [0.25, 0.3) is 0 Å². The van der Waals surface area contributed by atoms with E-state index in [1.54, 1.807) is 22.9 Å². The summed E-state index contributed by atoms with van der Waals surface area (Å²) in [6.07, 6.45) is 7.29. The van der Waals surface area contributed by atoms with Crippen molar-refractivity contribution in [3.63, 3.8) is 0 Å². The fourth-order valence-electron chi connectivity index (χ4n) is 5.96. The predicted octanol–water partition coefficient (Wildman–Crippen LogP) is 2.69. The normalized spacial score (nSPS) is 32.1. The fraction of sp³-hybridized carbons (Fsp3) is 0.583. The lowest BCUT2D eigenvalue weighted by Gasteiger charge is -2.25. The molecule has 0 spiro atoms. The molecule has 7 rings (SSSR count). The van der Waals surface area contributed by atoms with Gasteiger partial charge in [-0.05, 0) is 68.7 Å². The second-order valence-corrected chi connectivity index (χ2v) is 13.7. The number of nitrogens with one attached hydrogen (secondary N) is 2. The highest BCUT2D eigenvalue weighted by atomic mass is 32.2. The van der Waals surface area contributed by atoms with Gasteiger partial charge in [-0.2, -0.15) is 5.26 Å². The molecule has 0 aromatic carbocycles. The summed E-state index contributed by atoms with van der Waals surface area (Å²) in [5.74, 6) is 0.900. The molecule has 4 fully saturated rings. The summed E-state index contributed by atoms with van der Waals surface area (Å²) in [5, 5.41) is 22.8. The molecule has 0 radical (unpaired) electrons. The summed E-state index contributed by atoms with van der Waals surface area (Å²) in [6, 6.07) is 4.12. The van der Waals surface area contributed by atoms with Crippen LogP contribution in [0.15, 0.2) is 23.4 Å². The molecule has 3 aromatic rings. The first-order chi connectivity index (χ1) is 17.3. The van der Waals surface area contributed by atoms with Gasteiger partial charge in [0.1, 0.15) is 17.1 Å². The average molecular weight is 528 g/mol. The highest BCUT2D eigenvalue weighted by Gasteiger charge is 2.58. The zero-order chi connectivity index (χ0) is 24.9. The molecular formula is C24H26FN7O2S2. The SMILES string of the molecule is C[C@@H]1CC1(CF)NS(=O)(=O)c1cc(C23CCNCC2C3)c2cnc(-c3nnc(C4(C#N)CC4)s3)n2c1. The molecule has 188 valence electrons. The summed E-state index contributed by atoms with van der Waals surface area (Å²) in [5.41, 5.74) is 0.153. The minimum absolute atomic E-state index is 0.0465. The van der Waals surface area contributed by atoms with Gasteiger partial charge in [-0.25, -0.2) is 22.5 Å². The van der Waals surface area contributed by atoms with Gasteiger partial charge in [-0.15, -0.1) is 10.2 Å². The Morgan fingerprint density at radius 1 is 1.33 bits per heavy atom. The third-order valence-electron chi connectivity index (χ3n) is 8.85. The van der Waals surface area contributed by atoms with E-state index in [-0.39, 0.29) is 16.2 Å². The van der Waals surface area contributed by atoms with Crippen molar-refractivity contribution in [2.75, 3.05) is 19.8 Å². The molecule has 2 N–H and O–H groups in total. The van der Waals surface area contributed by atoms with Crippen LogP contribution in [0.3, 0.4) is 0 Å². The van der Waals surface area contributed by atoms with Crippen molar-refractivity contribution in [1.29, 1.82) is 5.26 Å². The van der Waals surface area contributed by atoms with Gasteiger partial charge in [0.05, 0.1) is 28.2 Å². The molecule has 3 aliphatic carbocycles. The number of alkyl halides is 1. The van der Waals surface area contributed by atoms with Crippen molar-refractivity contribution in [2.24, 2.45) is 11.8 Å². The topological polar surface area (TPSA) is 125 Å². The van der Waals surface area contributed by atoms with Crippen LogP contribution in [0.4, 0.5) is 4.39 Å². The molecule has 3 unspecified atom stereocenters. The van der Waals surface area contributed by atoms with E-state index in [0.717, 1.165) is 49.9 Å². The highest BCUT2D eigenvalue weighted by Crippen LogP contribution is 2.59. The summed E-state index contributed by atoms with van der Waals surface area (Å²) in [4.78, 5) is 4.75. The van der Waals surface area contributed by atoms with Crippen molar-refractivity contribution >= 4 is 26.9 Å². The van der Waals surface area contributed by atoms with Crippen molar-refractivity contribution < 1.29 is 12.8 Å². The molecule has 9 nitrogen and oxygen atoms in total. The second kappa shape index (κ2) is 7.31. The van der Waals surface area contributed by atoms with Crippen LogP contribution < -0.4 is 10.0 Å². The van der Waals surface area contributed by atoms with Crippen molar-refractivity contribution in [3.8, 4) is 16.9 Å². The largest absolute Gasteiger partial charge is 0.316 e. The lowest BCUT2D eigenvalue weighted by molar-refractivity contribution is 0.376. The second-order valence-electron chi connectivity index (χ2n) is 11.0. The molecule has 4 heterocycles. The first-order valence-corrected chi connectivity index (χ1v) is 14.6. The van der Waals surface area contributed by atoms with E-state index in [9.17, 15) is 18.1 Å². The van der Waals surface area contributed by atoms with Crippen LogP contribution in [0.2, 0.25) is 0 Å². The van der Waals surface area contributed by atoms with E-state index in [1.807, 2.05) is 6.92 Å². The lowest BCUT2D eigenvalue weighted by Crippen LogP contribution is -2.40. The molecule has 3 saturated carbocycles. The number of hydrogen-bond acceptors (Lipinski definition) is 8. The summed E-state index contributed by atoms with van der Waals surface area (Å²) >= 11 is 1.33. The Labute approximate surface area is 212 Å². The minimum Gasteiger partial charge on any atom is -0.316 e. The highest BCUT2D eigenvalue weighted by molar-refractivity contribution is 7.89. The average Bonchev–Trinajstić information content (AvgIpc) is 3.82. The van der Waals surface area contributed by atoms with Gasteiger partial charge in [0, 0.05) is 11.6 Å². The summed E-state index contributed by atoms with van der Waals surface area (Å²) < 4.78 is 45.4. The van der Waals surface area contributed by atoms with Crippen molar-refractivity contribution in [2.45, 2.75) is 60.3 Å². The van der Waals surface area contributed by atoms with Crippen LogP contribution in [0.1, 0.15) is 49.6 Å². The first kappa shape index (κ1) is 22.7. The molecule has 0 amide bonds. The van der Waals surface area contributed by atoms with Crippen LogP contribution in [0, 0.1) is 23.2 Å². The third kappa shape index (κ3) is 3.16. The van der Waals surface area contributed by atoms with Gasteiger partial charge >= 0.3 is 0 Å². The molecule has 36 heavy (non-hydrogen) atoms. The van der Waals surface area contributed by atoms with E-state index in [0.29, 0.717) is 28.2 Å². The summed E-state index contributed by atoms with van der Waals surface area (Å²) in [7, 11) is -3.98. The van der Waals surface area contributed by atoms with Crippen molar-refractivity contribution in [1.82, 2.24) is 29.6 Å². The Hall–Kier alpha value is -2.46.